The minimum absolute atomic E-state index is 0.176. The van der Waals surface area contributed by atoms with Gasteiger partial charge in [-0.2, -0.15) is 0 Å². The van der Waals surface area contributed by atoms with Crippen LogP contribution in [0.15, 0.2) is 42.5 Å². The normalized spacial score (nSPS) is 17.0. The number of methoxy groups -OCH3 is 1. The summed E-state index contributed by atoms with van der Waals surface area (Å²) in [6, 6.07) is 13.0. The summed E-state index contributed by atoms with van der Waals surface area (Å²) < 4.78 is 11.2. The first-order valence-corrected chi connectivity index (χ1v) is 8.01. The van der Waals surface area contributed by atoms with Crippen LogP contribution in [-0.4, -0.2) is 37.4 Å². The van der Waals surface area contributed by atoms with Gasteiger partial charge in [0.15, 0.2) is 0 Å². The van der Waals surface area contributed by atoms with Crippen LogP contribution in [0.1, 0.15) is 22.3 Å². The summed E-state index contributed by atoms with van der Waals surface area (Å²) >= 11 is 0. The van der Waals surface area contributed by atoms with Crippen LogP contribution >= 0.6 is 0 Å². The number of carbonyl (C=O) groups is 1. The van der Waals surface area contributed by atoms with E-state index in [1.165, 1.54) is 7.11 Å². The van der Waals surface area contributed by atoms with Crippen molar-refractivity contribution in [2.45, 2.75) is 19.1 Å². The van der Waals surface area contributed by atoms with Crippen LogP contribution < -0.4 is 10.1 Å². The van der Waals surface area contributed by atoms with E-state index in [2.05, 4.69) is 5.32 Å². The van der Waals surface area contributed by atoms with E-state index >= 15 is 0 Å². The van der Waals surface area contributed by atoms with Gasteiger partial charge in [0.2, 0.25) is 0 Å². The molecule has 0 amide bonds. The fraction of sp³-hybridized carbons (Fsp3) is 0.316. The molecule has 1 atom stereocenters. The lowest BCUT2D eigenvalue weighted by molar-refractivity contribution is 0.0544. The molecule has 1 saturated heterocycles. The van der Waals surface area contributed by atoms with Gasteiger partial charge in [0.1, 0.15) is 11.3 Å². The third-order valence-corrected chi connectivity index (χ3v) is 4.26. The molecule has 24 heavy (non-hydrogen) atoms. The maximum atomic E-state index is 11.7. The van der Waals surface area contributed by atoms with Gasteiger partial charge in [-0.25, -0.2) is 4.79 Å². The molecular formula is C19H21NO4. The van der Waals surface area contributed by atoms with E-state index in [1.807, 2.05) is 30.3 Å². The molecule has 1 heterocycles. The Hall–Kier alpha value is -2.37. The van der Waals surface area contributed by atoms with Crippen molar-refractivity contribution in [2.24, 2.45) is 0 Å². The van der Waals surface area contributed by atoms with Crippen molar-refractivity contribution in [2.75, 3.05) is 20.2 Å². The van der Waals surface area contributed by atoms with Crippen LogP contribution in [0.5, 0.6) is 5.75 Å². The smallest absolute Gasteiger partial charge is 0.340 e. The molecule has 2 aromatic rings. The first kappa shape index (κ1) is 16.5. The summed E-state index contributed by atoms with van der Waals surface area (Å²) in [6.45, 7) is 2.30. The Balaban J connectivity index is 1.96. The first-order chi connectivity index (χ1) is 11.7. The molecule has 3 rings (SSSR count). The van der Waals surface area contributed by atoms with Crippen molar-refractivity contribution in [3.63, 3.8) is 0 Å². The van der Waals surface area contributed by atoms with Crippen molar-refractivity contribution in [3.05, 3.63) is 53.6 Å². The summed E-state index contributed by atoms with van der Waals surface area (Å²) in [4.78, 5) is 11.7. The molecule has 0 aliphatic carbocycles. The van der Waals surface area contributed by atoms with Gasteiger partial charge in [-0.1, -0.05) is 36.4 Å². The van der Waals surface area contributed by atoms with Crippen LogP contribution in [-0.2, 0) is 11.3 Å². The molecule has 2 N–H and O–H groups in total. The van der Waals surface area contributed by atoms with Gasteiger partial charge in [0.25, 0.3) is 0 Å². The monoisotopic (exact) mass is 327 g/mol. The second kappa shape index (κ2) is 7.47. The van der Waals surface area contributed by atoms with Gasteiger partial charge in [-0.05, 0) is 30.2 Å². The van der Waals surface area contributed by atoms with Crippen LogP contribution in [0.25, 0.3) is 11.1 Å². The summed E-state index contributed by atoms with van der Waals surface area (Å²) in [5.74, 6) is -0.645. The highest BCUT2D eigenvalue weighted by Gasteiger charge is 2.20. The molecule has 126 valence electrons. The van der Waals surface area contributed by atoms with Gasteiger partial charge < -0.3 is 19.9 Å². The number of ether oxygens (including phenoxy) is 2. The van der Waals surface area contributed by atoms with E-state index in [0.29, 0.717) is 17.9 Å². The number of rotatable bonds is 6. The molecule has 1 aliphatic heterocycles. The van der Waals surface area contributed by atoms with E-state index in [0.717, 1.165) is 30.6 Å². The molecule has 1 fully saturated rings. The second-order valence-corrected chi connectivity index (χ2v) is 5.77. The summed E-state index contributed by atoms with van der Waals surface area (Å²) in [5, 5.41) is 12.9. The largest absolute Gasteiger partial charge is 0.496 e. The highest BCUT2D eigenvalue weighted by molar-refractivity contribution is 5.99. The quantitative estimate of drug-likeness (QED) is 0.854. The number of aromatic carboxylic acids is 1. The maximum Gasteiger partial charge on any atom is 0.340 e. The van der Waals surface area contributed by atoms with Gasteiger partial charge in [-0.3, -0.25) is 0 Å². The Morgan fingerprint density at radius 1 is 1.21 bits per heavy atom. The number of hydrogen-bond donors (Lipinski definition) is 2. The fourth-order valence-corrected chi connectivity index (χ4v) is 3.03. The zero-order chi connectivity index (χ0) is 16.9. The Labute approximate surface area is 141 Å². The predicted molar refractivity (Wildman–Crippen MR) is 91.5 cm³/mol. The highest BCUT2D eigenvalue weighted by atomic mass is 16.5. The lowest BCUT2D eigenvalue weighted by Crippen LogP contribution is -2.16. The van der Waals surface area contributed by atoms with Crippen molar-refractivity contribution in [1.29, 1.82) is 0 Å². The van der Waals surface area contributed by atoms with E-state index in [4.69, 9.17) is 9.47 Å². The molecule has 0 bridgehead atoms. The molecule has 0 radical (unpaired) electrons. The number of carboxylic acid groups (broad SMARTS) is 1. The lowest BCUT2D eigenvalue weighted by Gasteiger charge is -2.16. The average Bonchev–Trinajstić information content (AvgIpc) is 3.13. The molecule has 0 unspecified atom stereocenters. The third kappa shape index (κ3) is 3.42. The highest BCUT2D eigenvalue weighted by Crippen LogP contribution is 2.33. The number of nitrogens with one attached hydrogen (secondary N) is 1. The van der Waals surface area contributed by atoms with Crippen LogP contribution in [0.3, 0.4) is 0 Å². The molecule has 0 spiro atoms. The van der Waals surface area contributed by atoms with Crippen molar-refractivity contribution in [1.82, 2.24) is 5.32 Å². The van der Waals surface area contributed by atoms with E-state index < -0.39 is 5.97 Å². The summed E-state index contributed by atoms with van der Waals surface area (Å²) in [6.07, 6.45) is 1.21. The zero-order valence-corrected chi connectivity index (χ0v) is 13.6. The van der Waals surface area contributed by atoms with Crippen LogP contribution in [0.2, 0.25) is 0 Å². The number of carboxylic acids is 1. The molecule has 2 aromatic carbocycles. The molecule has 1 aliphatic rings. The topological polar surface area (TPSA) is 67.8 Å². The third-order valence-electron chi connectivity index (χ3n) is 4.26. The van der Waals surface area contributed by atoms with Crippen LogP contribution in [0.4, 0.5) is 0 Å². The van der Waals surface area contributed by atoms with Crippen LogP contribution in [0, 0.1) is 0 Å². The van der Waals surface area contributed by atoms with E-state index in [-0.39, 0.29) is 11.7 Å². The van der Waals surface area contributed by atoms with Gasteiger partial charge in [0.05, 0.1) is 19.8 Å². The second-order valence-electron chi connectivity index (χ2n) is 5.77. The van der Waals surface area contributed by atoms with Crippen molar-refractivity contribution >= 4 is 5.97 Å². The van der Waals surface area contributed by atoms with Crippen molar-refractivity contribution < 1.29 is 19.4 Å². The van der Waals surface area contributed by atoms with Gasteiger partial charge in [-0.15, -0.1) is 0 Å². The fourth-order valence-electron chi connectivity index (χ4n) is 3.03. The molecular weight excluding hydrogens is 306 g/mol. The Morgan fingerprint density at radius 3 is 2.71 bits per heavy atom. The molecule has 5 heteroatoms. The minimum Gasteiger partial charge on any atom is -0.496 e. The number of hydrogen-bond acceptors (Lipinski definition) is 4. The summed E-state index contributed by atoms with van der Waals surface area (Å²) in [7, 11) is 1.48. The number of benzene rings is 2. The van der Waals surface area contributed by atoms with Gasteiger partial charge in [0, 0.05) is 12.1 Å². The molecule has 0 aromatic heterocycles. The standard InChI is InChI=1S/C19H21NO4/c1-23-17-8-4-7-16(18(17)19(21)22)15-6-3-2-5-13(15)12-24-14-9-10-20-11-14/h2-8,14,20H,9-12H2,1H3,(H,21,22)/t14-/m0/s1. The predicted octanol–water partition coefficient (Wildman–Crippen LogP) is 2.94. The molecule has 5 nitrogen and oxygen atoms in total. The average molecular weight is 327 g/mol. The summed E-state index contributed by atoms with van der Waals surface area (Å²) in [5.41, 5.74) is 2.65. The maximum absolute atomic E-state index is 11.7. The Bertz CT molecular complexity index is 723. The Kier molecular flexibility index (Phi) is 5.13. The SMILES string of the molecule is COc1cccc(-c2ccccc2CO[C@H]2CCNC2)c1C(=O)O. The minimum atomic E-state index is -1.00. The van der Waals surface area contributed by atoms with E-state index in [9.17, 15) is 9.90 Å². The zero-order valence-electron chi connectivity index (χ0n) is 13.6. The lowest BCUT2D eigenvalue weighted by atomic mass is 9.95. The van der Waals surface area contributed by atoms with Crippen molar-refractivity contribution in [3.8, 4) is 16.9 Å². The van der Waals surface area contributed by atoms with E-state index in [1.54, 1.807) is 12.1 Å². The first-order valence-electron chi connectivity index (χ1n) is 8.01. The molecule has 0 saturated carbocycles. The Morgan fingerprint density at radius 2 is 2.00 bits per heavy atom. The van der Waals surface area contributed by atoms with Gasteiger partial charge >= 0.3 is 5.97 Å².